The summed E-state index contributed by atoms with van der Waals surface area (Å²) in [6, 6.07) is 0. The molecule has 0 amide bonds. The van der Waals surface area contributed by atoms with E-state index in [9.17, 15) is 0 Å². The van der Waals surface area contributed by atoms with Gasteiger partial charge in [-0.2, -0.15) is 0 Å². The van der Waals surface area contributed by atoms with Gasteiger partial charge in [0.1, 0.15) is 0 Å². The number of nitrogens with zero attached hydrogens (tertiary/aromatic N) is 4. The molecule has 1 aromatic rings. The van der Waals surface area contributed by atoms with Crippen LogP contribution in [0.15, 0.2) is 10.4 Å². The second kappa shape index (κ2) is 9.38. The van der Waals surface area contributed by atoms with Crippen molar-refractivity contribution < 1.29 is 4.74 Å². The average Bonchev–Trinajstić information content (AvgIpc) is 3.10. The topological polar surface area (TPSA) is 53.0 Å². The van der Waals surface area contributed by atoms with Crippen LogP contribution in [0.1, 0.15) is 31.4 Å². The average molecular weight is 366 g/mol. The number of nitrogens with one attached hydrogen (secondary N) is 1. The normalized spacial score (nSPS) is 18.0. The van der Waals surface area contributed by atoms with Gasteiger partial charge in [0.05, 0.1) is 12.3 Å². The zero-order valence-corrected chi connectivity index (χ0v) is 16.4. The number of guanidine groups is 1. The smallest absolute Gasteiger partial charge is 0.193 e. The third kappa shape index (κ3) is 5.85. The van der Waals surface area contributed by atoms with Gasteiger partial charge in [0, 0.05) is 58.7 Å². The van der Waals surface area contributed by atoms with Crippen molar-refractivity contribution in [2.45, 2.75) is 32.1 Å². The van der Waals surface area contributed by atoms with Crippen LogP contribution in [-0.4, -0.2) is 69.3 Å². The van der Waals surface area contributed by atoms with E-state index in [-0.39, 0.29) is 0 Å². The van der Waals surface area contributed by atoms with Crippen LogP contribution in [0, 0.1) is 5.92 Å². The highest BCUT2D eigenvalue weighted by molar-refractivity contribution is 7.13. The summed E-state index contributed by atoms with van der Waals surface area (Å²) in [6.45, 7) is 5.71. The molecule has 0 bridgehead atoms. The fourth-order valence-electron chi connectivity index (χ4n) is 2.99. The summed E-state index contributed by atoms with van der Waals surface area (Å²) in [4.78, 5) is 13.7. The second-order valence-corrected chi connectivity index (χ2v) is 7.82. The van der Waals surface area contributed by atoms with Crippen LogP contribution in [0.2, 0.25) is 0 Å². The SMILES string of the molecule is CN=C(NCCc1csc(N2CCCC2)n1)N(C)CCOCC1CC1. The van der Waals surface area contributed by atoms with Crippen LogP contribution in [0.3, 0.4) is 0 Å². The summed E-state index contributed by atoms with van der Waals surface area (Å²) in [5, 5.41) is 6.80. The molecule has 7 heteroatoms. The lowest BCUT2D eigenvalue weighted by atomic mass is 10.3. The molecule has 0 atom stereocenters. The highest BCUT2D eigenvalue weighted by Crippen LogP contribution is 2.28. The predicted octanol–water partition coefficient (Wildman–Crippen LogP) is 2.22. The maximum absolute atomic E-state index is 5.71. The summed E-state index contributed by atoms with van der Waals surface area (Å²) in [6.07, 6.45) is 6.20. The highest BCUT2D eigenvalue weighted by Gasteiger charge is 2.21. The molecule has 2 heterocycles. The van der Waals surface area contributed by atoms with Gasteiger partial charge in [0.25, 0.3) is 0 Å². The summed E-state index contributed by atoms with van der Waals surface area (Å²) in [5.41, 5.74) is 1.17. The molecule has 0 spiro atoms. The number of hydrogen-bond acceptors (Lipinski definition) is 5. The fraction of sp³-hybridized carbons (Fsp3) is 0.778. The largest absolute Gasteiger partial charge is 0.379 e. The first-order valence-electron chi connectivity index (χ1n) is 9.45. The van der Waals surface area contributed by atoms with Gasteiger partial charge in [-0.15, -0.1) is 11.3 Å². The van der Waals surface area contributed by atoms with E-state index in [0.29, 0.717) is 0 Å². The number of ether oxygens (including phenoxy) is 1. The van der Waals surface area contributed by atoms with Gasteiger partial charge in [0.2, 0.25) is 0 Å². The van der Waals surface area contributed by atoms with Crippen LogP contribution in [0.25, 0.3) is 0 Å². The summed E-state index contributed by atoms with van der Waals surface area (Å²) < 4.78 is 5.71. The van der Waals surface area contributed by atoms with Gasteiger partial charge in [-0.1, -0.05) is 0 Å². The molecule has 0 radical (unpaired) electrons. The Bertz CT molecular complexity index is 551. The predicted molar refractivity (Wildman–Crippen MR) is 105 cm³/mol. The van der Waals surface area contributed by atoms with E-state index in [2.05, 4.69) is 32.5 Å². The molecule has 25 heavy (non-hydrogen) atoms. The summed E-state index contributed by atoms with van der Waals surface area (Å²) in [7, 11) is 3.89. The van der Waals surface area contributed by atoms with Gasteiger partial charge in [0.15, 0.2) is 11.1 Å². The number of likely N-dealkylation sites (N-methyl/N-ethyl adjacent to an activating group) is 1. The first-order chi connectivity index (χ1) is 12.3. The molecule has 140 valence electrons. The van der Waals surface area contributed by atoms with Crippen molar-refractivity contribution in [3.8, 4) is 0 Å². The Kier molecular flexibility index (Phi) is 6.93. The molecule has 1 saturated carbocycles. The molecular formula is C18H31N5OS. The molecule has 1 aromatic heterocycles. The Balaban J connectivity index is 1.34. The first kappa shape index (κ1) is 18.5. The number of hydrogen-bond donors (Lipinski definition) is 1. The molecule has 2 aliphatic rings. The number of anilines is 1. The van der Waals surface area contributed by atoms with E-state index in [1.54, 1.807) is 11.3 Å². The third-order valence-corrected chi connectivity index (χ3v) is 5.73. The van der Waals surface area contributed by atoms with E-state index in [4.69, 9.17) is 9.72 Å². The minimum absolute atomic E-state index is 0.763. The zero-order chi connectivity index (χ0) is 17.5. The van der Waals surface area contributed by atoms with E-state index in [1.165, 1.54) is 36.5 Å². The summed E-state index contributed by atoms with van der Waals surface area (Å²) in [5.74, 6) is 1.75. The minimum atomic E-state index is 0.763. The van der Waals surface area contributed by atoms with Crippen molar-refractivity contribution in [3.05, 3.63) is 11.1 Å². The maximum atomic E-state index is 5.71. The van der Waals surface area contributed by atoms with Crippen LogP contribution in [0.5, 0.6) is 0 Å². The van der Waals surface area contributed by atoms with E-state index < -0.39 is 0 Å². The van der Waals surface area contributed by atoms with Crippen molar-refractivity contribution >= 4 is 22.4 Å². The second-order valence-electron chi connectivity index (χ2n) is 6.98. The Hall–Kier alpha value is -1.34. The van der Waals surface area contributed by atoms with Crippen molar-refractivity contribution in [2.75, 3.05) is 58.4 Å². The maximum Gasteiger partial charge on any atom is 0.193 e. The monoisotopic (exact) mass is 365 g/mol. The van der Waals surface area contributed by atoms with Crippen LogP contribution in [0.4, 0.5) is 5.13 Å². The van der Waals surface area contributed by atoms with E-state index in [0.717, 1.165) is 57.7 Å². The molecular weight excluding hydrogens is 334 g/mol. The number of rotatable bonds is 9. The van der Waals surface area contributed by atoms with E-state index >= 15 is 0 Å². The molecule has 1 N–H and O–H groups in total. The van der Waals surface area contributed by atoms with Crippen molar-refractivity contribution in [1.82, 2.24) is 15.2 Å². The lowest BCUT2D eigenvalue weighted by Gasteiger charge is -2.21. The van der Waals surface area contributed by atoms with Gasteiger partial charge >= 0.3 is 0 Å². The fourth-order valence-corrected chi connectivity index (χ4v) is 3.91. The van der Waals surface area contributed by atoms with Crippen LogP contribution >= 0.6 is 11.3 Å². The molecule has 1 saturated heterocycles. The number of aliphatic imine (C=N–C) groups is 1. The standard InChI is InChI=1S/C18H31N5OS/c1-19-17(22(2)11-12-24-13-15-5-6-15)20-8-7-16-14-25-18(21-16)23-9-3-4-10-23/h14-15H,3-13H2,1-2H3,(H,19,20). The molecule has 1 aliphatic carbocycles. The Labute approximate surface area is 155 Å². The van der Waals surface area contributed by atoms with E-state index in [1.807, 2.05) is 7.05 Å². The molecule has 1 aliphatic heterocycles. The first-order valence-corrected chi connectivity index (χ1v) is 10.3. The van der Waals surface area contributed by atoms with Gasteiger partial charge < -0.3 is 19.9 Å². The quantitative estimate of drug-likeness (QED) is 0.413. The van der Waals surface area contributed by atoms with Crippen molar-refractivity contribution in [3.63, 3.8) is 0 Å². The summed E-state index contributed by atoms with van der Waals surface area (Å²) >= 11 is 1.77. The molecule has 6 nitrogen and oxygen atoms in total. The highest BCUT2D eigenvalue weighted by atomic mass is 32.1. The lowest BCUT2D eigenvalue weighted by molar-refractivity contribution is 0.115. The molecule has 2 fully saturated rings. The van der Waals surface area contributed by atoms with Crippen molar-refractivity contribution in [2.24, 2.45) is 10.9 Å². The lowest BCUT2D eigenvalue weighted by Crippen LogP contribution is -2.41. The Morgan fingerprint density at radius 3 is 2.96 bits per heavy atom. The molecule has 0 unspecified atom stereocenters. The number of aromatic nitrogens is 1. The molecule has 3 rings (SSSR count). The Morgan fingerprint density at radius 1 is 1.44 bits per heavy atom. The number of thiazole rings is 1. The van der Waals surface area contributed by atoms with Crippen LogP contribution in [-0.2, 0) is 11.2 Å². The van der Waals surface area contributed by atoms with Gasteiger partial charge in [-0.05, 0) is 31.6 Å². The zero-order valence-electron chi connectivity index (χ0n) is 15.5. The molecule has 0 aromatic carbocycles. The van der Waals surface area contributed by atoms with Crippen LogP contribution < -0.4 is 10.2 Å². The third-order valence-electron chi connectivity index (χ3n) is 4.78. The van der Waals surface area contributed by atoms with Gasteiger partial charge in [-0.25, -0.2) is 4.98 Å². The van der Waals surface area contributed by atoms with Gasteiger partial charge in [-0.3, -0.25) is 4.99 Å². The van der Waals surface area contributed by atoms with Crippen molar-refractivity contribution in [1.29, 1.82) is 0 Å². The minimum Gasteiger partial charge on any atom is -0.379 e. The Morgan fingerprint density at radius 2 is 2.24 bits per heavy atom.